The molecule has 22 heavy (non-hydrogen) atoms. The molecule has 1 aromatic carbocycles. The summed E-state index contributed by atoms with van der Waals surface area (Å²) < 4.78 is 11.0. The smallest absolute Gasteiger partial charge is 0.334 e. The molecular formula is C19H20O3. The van der Waals surface area contributed by atoms with Crippen molar-refractivity contribution in [1.82, 2.24) is 0 Å². The highest BCUT2D eigenvalue weighted by Gasteiger charge is 2.28. The zero-order chi connectivity index (χ0) is 15.5. The van der Waals surface area contributed by atoms with Gasteiger partial charge in [-0.2, -0.15) is 0 Å². The summed E-state index contributed by atoms with van der Waals surface area (Å²) in [6.45, 7) is 4.30. The van der Waals surface area contributed by atoms with Crippen LogP contribution in [0, 0.1) is 0 Å². The molecule has 1 aromatic rings. The van der Waals surface area contributed by atoms with Crippen LogP contribution in [0.25, 0.3) is 5.57 Å². The van der Waals surface area contributed by atoms with Crippen LogP contribution in [0.15, 0.2) is 53.6 Å². The van der Waals surface area contributed by atoms with E-state index in [1.165, 1.54) is 5.57 Å². The van der Waals surface area contributed by atoms with Gasteiger partial charge in [-0.3, -0.25) is 0 Å². The summed E-state index contributed by atoms with van der Waals surface area (Å²) in [4.78, 5) is 11.6. The van der Waals surface area contributed by atoms with E-state index in [4.69, 9.17) is 9.47 Å². The van der Waals surface area contributed by atoms with Gasteiger partial charge in [-0.1, -0.05) is 30.4 Å². The van der Waals surface area contributed by atoms with E-state index in [1.807, 2.05) is 38.1 Å². The molecule has 2 aliphatic rings. The highest BCUT2D eigenvalue weighted by atomic mass is 16.5. The number of hydrogen-bond donors (Lipinski definition) is 0. The first-order chi connectivity index (χ1) is 10.6. The van der Waals surface area contributed by atoms with Crippen LogP contribution in [0.5, 0.6) is 5.75 Å². The third-order valence-electron chi connectivity index (χ3n) is 4.04. The average Bonchev–Trinajstić information content (AvgIpc) is 2.80. The number of carbonyl (C=O) groups is 1. The van der Waals surface area contributed by atoms with Crippen LogP contribution in [0.3, 0.4) is 0 Å². The van der Waals surface area contributed by atoms with Gasteiger partial charge in [0.25, 0.3) is 0 Å². The number of carbonyl (C=O) groups excluding carboxylic acids is 1. The van der Waals surface area contributed by atoms with Gasteiger partial charge in [0.05, 0.1) is 0 Å². The molecule has 0 aromatic heterocycles. The number of cyclic esters (lactones) is 1. The predicted octanol–water partition coefficient (Wildman–Crippen LogP) is 4.06. The molecule has 0 saturated carbocycles. The maximum atomic E-state index is 11.6. The highest BCUT2D eigenvalue weighted by molar-refractivity contribution is 6.02. The Labute approximate surface area is 130 Å². The fourth-order valence-corrected chi connectivity index (χ4v) is 2.85. The van der Waals surface area contributed by atoms with E-state index in [9.17, 15) is 4.79 Å². The van der Waals surface area contributed by atoms with Gasteiger partial charge in [-0.05, 0) is 50.0 Å². The molecule has 1 atom stereocenters. The Hall–Kier alpha value is -2.29. The van der Waals surface area contributed by atoms with Crippen molar-refractivity contribution in [2.24, 2.45) is 0 Å². The average molecular weight is 296 g/mol. The lowest BCUT2D eigenvalue weighted by Gasteiger charge is -2.12. The van der Waals surface area contributed by atoms with Crippen LogP contribution in [0.2, 0.25) is 0 Å². The molecule has 3 heteroatoms. The van der Waals surface area contributed by atoms with E-state index in [1.54, 1.807) is 0 Å². The lowest BCUT2D eigenvalue weighted by Crippen LogP contribution is -2.05. The largest absolute Gasteiger partial charge is 0.489 e. The molecule has 0 radical (unpaired) electrons. The Bertz CT molecular complexity index is 662. The van der Waals surface area contributed by atoms with E-state index in [2.05, 4.69) is 18.2 Å². The Balaban J connectivity index is 1.69. The van der Waals surface area contributed by atoms with Gasteiger partial charge in [-0.25, -0.2) is 4.79 Å². The quantitative estimate of drug-likeness (QED) is 0.786. The van der Waals surface area contributed by atoms with E-state index in [0.29, 0.717) is 12.2 Å². The first-order valence-electron chi connectivity index (χ1n) is 7.65. The molecule has 1 aliphatic heterocycles. The van der Waals surface area contributed by atoms with Crippen LogP contribution in [-0.4, -0.2) is 18.7 Å². The van der Waals surface area contributed by atoms with Gasteiger partial charge in [0.1, 0.15) is 18.5 Å². The van der Waals surface area contributed by atoms with Gasteiger partial charge in [0.2, 0.25) is 0 Å². The van der Waals surface area contributed by atoms with Crippen LogP contribution in [0.1, 0.15) is 32.3 Å². The summed E-state index contributed by atoms with van der Waals surface area (Å²) in [7, 11) is 0. The van der Waals surface area contributed by atoms with Crippen molar-refractivity contribution in [3.8, 4) is 5.75 Å². The first kappa shape index (κ1) is 14.6. The summed E-state index contributed by atoms with van der Waals surface area (Å²) >= 11 is 0. The van der Waals surface area contributed by atoms with Gasteiger partial charge in [0, 0.05) is 11.1 Å². The standard InChI is InChI=1S/C19H20O3/c1-13-18(14(2)22-19(13)20)16-8-10-17(11-9-16)21-12-15-6-4-3-5-7-15/h4,6-11,14H,3,5,12H2,1-2H3. The zero-order valence-corrected chi connectivity index (χ0v) is 13.0. The topological polar surface area (TPSA) is 35.5 Å². The molecule has 0 N–H and O–H groups in total. The van der Waals surface area contributed by atoms with Gasteiger partial charge < -0.3 is 9.47 Å². The summed E-state index contributed by atoms with van der Waals surface area (Å²) in [5.41, 5.74) is 3.89. The molecular weight excluding hydrogens is 276 g/mol. The number of benzene rings is 1. The number of allylic oxidation sites excluding steroid dienone is 2. The molecule has 114 valence electrons. The summed E-state index contributed by atoms with van der Waals surface area (Å²) in [6.07, 6.45) is 8.53. The van der Waals surface area contributed by atoms with E-state index in [-0.39, 0.29) is 12.1 Å². The van der Waals surface area contributed by atoms with Crippen LogP contribution in [-0.2, 0) is 9.53 Å². The van der Waals surface area contributed by atoms with Crippen molar-refractivity contribution >= 4 is 11.5 Å². The summed E-state index contributed by atoms with van der Waals surface area (Å²) in [6, 6.07) is 7.85. The fraction of sp³-hybridized carbons (Fsp3) is 0.316. The Morgan fingerprint density at radius 2 is 2.00 bits per heavy atom. The predicted molar refractivity (Wildman–Crippen MR) is 86.5 cm³/mol. The normalized spacial score (nSPS) is 20.9. The second-order valence-corrected chi connectivity index (χ2v) is 5.66. The maximum Gasteiger partial charge on any atom is 0.334 e. The molecule has 0 fully saturated rings. The van der Waals surface area contributed by atoms with Crippen LogP contribution < -0.4 is 4.74 Å². The van der Waals surface area contributed by atoms with E-state index in [0.717, 1.165) is 29.7 Å². The van der Waals surface area contributed by atoms with E-state index >= 15 is 0 Å². The molecule has 0 spiro atoms. The van der Waals surface area contributed by atoms with Crippen molar-refractivity contribution in [2.45, 2.75) is 32.8 Å². The number of rotatable bonds is 4. The minimum Gasteiger partial charge on any atom is -0.489 e. The van der Waals surface area contributed by atoms with Gasteiger partial charge in [0.15, 0.2) is 0 Å². The molecule has 0 bridgehead atoms. The summed E-state index contributed by atoms with van der Waals surface area (Å²) in [5.74, 6) is 0.610. The Morgan fingerprint density at radius 1 is 1.23 bits per heavy atom. The number of hydrogen-bond acceptors (Lipinski definition) is 3. The minimum atomic E-state index is -0.223. The molecule has 0 amide bonds. The minimum absolute atomic E-state index is 0.184. The van der Waals surface area contributed by atoms with Crippen molar-refractivity contribution in [3.63, 3.8) is 0 Å². The highest BCUT2D eigenvalue weighted by Crippen LogP contribution is 2.32. The third kappa shape index (κ3) is 2.98. The molecule has 1 aliphatic carbocycles. The molecule has 1 heterocycles. The summed E-state index contributed by atoms with van der Waals surface area (Å²) in [5, 5.41) is 0. The second kappa shape index (κ2) is 6.22. The third-order valence-corrected chi connectivity index (χ3v) is 4.04. The van der Waals surface area contributed by atoms with Crippen molar-refractivity contribution in [3.05, 3.63) is 59.2 Å². The zero-order valence-electron chi connectivity index (χ0n) is 13.0. The molecule has 0 saturated heterocycles. The fourth-order valence-electron chi connectivity index (χ4n) is 2.85. The maximum absolute atomic E-state index is 11.6. The second-order valence-electron chi connectivity index (χ2n) is 5.66. The lowest BCUT2D eigenvalue weighted by molar-refractivity contribution is -0.138. The van der Waals surface area contributed by atoms with Crippen molar-refractivity contribution < 1.29 is 14.3 Å². The molecule has 3 rings (SSSR count). The molecule has 3 nitrogen and oxygen atoms in total. The Kier molecular flexibility index (Phi) is 4.14. The number of esters is 1. The Morgan fingerprint density at radius 3 is 2.59 bits per heavy atom. The van der Waals surface area contributed by atoms with Crippen molar-refractivity contribution in [2.75, 3.05) is 6.61 Å². The van der Waals surface area contributed by atoms with Gasteiger partial charge in [-0.15, -0.1) is 0 Å². The molecule has 1 unspecified atom stereocenters. The first-order valence-corrected chi connectivity index (χ1v) is 7.65. The van der Waals surface area contributed by atoms with Crippen molar-refractivity contribution in [1.29, 1.82) is 0 Å². The van der Waals surface area contributed by atoms with E-state index < -0.39 is 0 Å². The van der Waals surface area contributed by atoms with Crippen LogP contribution in [0.4, 0.5) is 0 Å². The lowest BCUT2D eigenvalue weighted by atomic mass is 9.98. The van der Waals surface area contributed by atoms with Crippen LogP contribution >= 0.6 is 0 Å². The van der Waals surface area contributed by atoms with Gasteiger partial charge >= 0.3 is 5.97 Å². The monoisotopic (exact) mass is 296 g/mol. The number of ether oxygens (including phenoxy) is 2. The SMILES string of the molecule is CC1=C(c2ccc(OCC3=CCCC=C3)cc2)C(C)OC1=O.